The van der Waals surface area contributed by atoms with Gasteiger partial charge in [0.15, 0.2) is 0 Å². The molecule has 0 aromatic heterocycles. The SMILES string of the molecule is CC1=CC(C)[C]([Zr+2](=[C](c2ccc(C(C)(C)C)cc2)c2ccc(C(C)(C)C)cc2)[CH]2c3cc(C(C)(C)C)ccc3-c3ccc(C(C)(C)C)cc32)=C1.[Cl-].[Cl-]. The maximum Gasteiger partial charge on any atom is -1.00 e. The van der Waals surface area contributed by atoms with Gasteiger partial charge < -0.3 is 24.8 Å². The number of rotatable bonds is 4. The van der Waals surface area contributed by atoms with Gasteiger partial charge in [-0.1, -0.05) is 0 Å². The van der Waals surface area contributed by atoms with E-state index in [4.69, 9.17) is 0 Å². The minimum Gasteiger partial charge on any atom is -1.00 e. The summed E-state index contributed by atoms with van der Waals surface area (Å²) in [6.07, 6.45) is 5.12. The van der Waals surface area contributed by atoms with Gasteiger partial charge in [0.25, 0.3) is 0 Å². The number of hydrogen-bond acceptors (Lipinski definition) is 0. The van der Waals surface area contributed by atoms with Crippen LogP contribution in [0.25, 0.3) is 11.1 Å². The third kappa shape index (κ3) is 8.34. The molecule has 3 heteroatoms. The average Bonchev–Trinajstić information content (AvgIpc) is 3.53. The molecule has 2 aliphatic carbocycles. The van der Waals surface area contributed by atoms with Crippen LogP contribution in [0.3, 0.4) is 0 Å². The van der Waals surface area contributed by atoms with Crippen LogP contribution in [0.1, 0.15) is 145 Å². The Morgan fingerprint density at radius 1 is 0.500 bits per heavy atom. The van der Waals surface area contributed by atoms with Gasteiger partial charge in [-0.25, -0.2) is 0 Å². The first-order valence-electron chi connectivity index (χ1n) is 18.8. The van der Waals surface area contributed by atoms with Gasteiger partial charge in [0.1, 0.15) is 0 Å². The van der Waals surface area contributed by atoms with Gasteiger partial charge in [-0.2, -0.15) is 0 Å². The molecule has 2 aliphatic rings. The van der Waals surface area contributed by atoms with Gasteiger partial charge in [-0.15, -0.1) is 0 Å². The monoisotopic (exact) mass is 808 g/mol. The van der Waals surface area contributed by atoms with Crippen LogP contribution in [-0.4, -0.2) is 3.21 Å². The van der Waals surface area contributed by atoms with Crippen molar-refractivity contribution in [2.45, 2.75) is 122 Å². The molecule has 0 nitrogen and oxygen atoms in total. The van der Waals surface area contributed by atoms with E-state index in [-0.39, 0.29) is 46.5 Å². The molecule has 0 fully saturated rings. The molecular weight excluding hydrogens is 751 g/mol. The Kier molecular flexibility index (Phi) is 12.3. The van der Waals surface area contributed by atoms with Gasteiger partial charge in [0, 0.05) is 0 Å². The van der Waals surface area contributed by atoms with Gasteiger partial charge in [0.05, 0.1) is 0 Å². The van der Waals surface area contributed by atoms with E-state index >= 15 is 0 Å². The Labute approximate surface area is 336 Å². The fourth-order valence-electron chi connectivity index (χ4n) is 7.94. The van der Waals surface area contributed by atoms with Crippen molar-refractivity contribution < 1.29 is 46.1 Å². The number of allylic oxidation sites excluding steroid dienone is 4. The first-order valence-corrected chi connectivity index (χ1v) is 22.7. The third-order valence-corrected chi connectivity index (χ3v) is 19.8. The smallest absolute Gasteiger partial charge is 1.00 e. The molecule has 52 heavy (non-hydrogen) atoms. The molecule has 0 radical (unpaired) electrons. The van der Waals surface area contributed by atoms with Crippen LogP contribution in [0.4, 0.5) is 0 Å². The van der Waals surface area contributed by atoms with Crippen LogP contribution in [0.5, 0.6) is 0 Å². The molecular formula is C49H60Cl2Zr. The molecule has 0 heterocycles. The molecule has 1 atom stereocenters. The normalized spacial score (nSPS) is 15.8. The fourth-order valence-corrected chi connectivity index (χ4v) is 17.6. The maximum atomic E-state index is 2.61. The van der Waals surface area contributed by atoms with Crippen molar-refractivity contribution in [3.05, 3.63) is 150 Å². The van der Waals surface area contributed by atoms with Crippen molar-refractivity contribution in [1.82, 2.24) is 0 Å². The van der Waals surface area contributed by atoms with Gasteiger partial charge in [0.2, 0.25) is 0 Å². The Morgan fingerprint density at radius 3 is 1.15 bits per heavy atom. The summed E-state index contributed by atoms with van der Waals surface area (Å²) >= 11 is -2.91. The van der Waals surface area contributed by atoms with E-state index < -0.39 is 21.3 Å². The van der Waals surface area contributed by atoms with Gasteiger partial charge in [-0.3, -0.25) is 0 Å². The van der Waals surface area contributed by atoms with E-state index in [0.717, 1.165) is 0 Å². The molecule has 0 saturated heterocycles. The summed E-state index contributed by atoms with van der Waals surface area (Å²) in [5, 5.41) is 0. The van der Waals surface area contributed by atoms with Crippen molar-refractivity contribution in [2.24, 2.45) is 5.92 Å². The van der Waals surface area contributed by atoms with Crippen molar-refractivity contribution in [2.75, 3.05) is 0 Å². The largest absolute Gasteiger partial charge is 1.00 e. The second kappa shape index (κ2) is 15.1. The summed E-state index contributed by atoms with van der Waals surface area (Å²) in [5.74, 6) is 0.436. The average molecular weight is 811 g/mol. The zero-order chi connectivity index (χ0) is 36.6. The van der Waals surface area contributed by atoms with Crippen LogP contribution >= 0.6 is 0 Å². The first kappa shape index (κ1) is 42.4. The van der Waals surface area contributed by atoms with Crippen molar-refractivity contribution >= 4 is 3.21 Å². The summed E-state index contributed by atoms with van der Waals surface area (Å²) < 4.78 is 3.71. The molecule has 0 spiro atoms. The minimum atomic E-state index is -2.91. The van der Waals surface area contributed by atoms with E-state index in [1.54, 1.807) is 17.6 Å². The van der Waals surface area contributed by atoms with Crippen LogP contribution < -0.4 is 24.8 Å². The molecule has 0 aliphatic heterocycles. The number of hydrogen-bond donors (Lipinski definition) is 0. The molecule has 4 aromatic rings. The third-order valence-electron chi connectivity index (χ3n) is 11.1. The summed E-state index contributed by atoms with van der Waals surface area (Å²) in [5.41, 5.74) is 16.2. The molecule has 1 unspecified atom stereocenters. The van der Waals surface area contributed by atoms with Gasteiger partial charge in [-0.05, 0) is 0 Å². The molecule has 4 aromatic carbocycles. The van der Waals surface area contributed by atoms with Gasteiger partial charge >= 0.3 is 314 Å². The summed E-state index contributed by atoms with van der Waals surface area (Å²) in [4.78, 5) is 0. The summed E-state index contributed by atoms with van der Waals surface area (Å²) in [7, 11) is 0. The zero-order valence-corrected chi connectivity index (χ0v) is 38.1. The molecule has 274 valence electrons. The predicted molar refractivity (Wildman–Crippen MR) is 216 cm³/mol. The number of benzene rings is 4. The Bertz CT molecular complexity index is 1900. The van der Waals surface area contributed by atoms with E-state index in [1.807, 2.05) is 0 Å². The fraction of sp³-hybridized carbons (Fsp3) is 0.408. The minimum absolute atomic E-state index is 0. The topological polar surface area (TPSA) is 0 Å². The zero-order valence-electron chi connectivity index (χ0n) is 34.1. The van der Waals surface area contributed by atoms with Crippen LogP contribution in [-0.2, 0) is 42.9 Å². The number of fused-ring (bicyclic) bond motifs is 3. The van der Waals surface area contributed by atoms with Crippen molar-refractivity contribution in [3.63, 3.8) is 0 Å². The first-order chi connectivity index (χ1) is 23.1. The van der Waals surface area contributed by atoms with E-state index in [2.05, 4.69) is 194 Å². The molecule has 0 bridgehead atoms. The van der Waals surface area contributed by atoms with Crippen molar-refractivity contribution in [3.8, 4) is 11.1 Å². The summed E-state index contributed by atoms with van der Waals surface area (Å²) in [6, 6.07) is 34.4. The molecule has 6 rings (SSSR count). The van der Waals surface area contributed by atoms with Crippen LogP contribution in [0.15, 0.2) is 106 Å². The Balaban J connectivity index is 0.00000302. The molecule has 0 amide bonds. The van der Waals surface area contributed by atoms with E-state index in [1.165, 1.54) is 50.1 Å². The van der Waals surface area contributed by atoms with Crippen LogP contribution in [0.2, 0.25) is 0 Å². The standard InChI is InChI=1S/C21H25.C21H26.C7H9.2ClH.Zr/c1-20(2,3)16-7-9-18-14(12-16)11-15-13-17(21(4,5)6)8-10-19(15)18;1-20(2,3)18-11-7-16(8-12-18)15-17-9-13-19(14-10-17)21(4,5)6;1-6-3-4-7(2)5-6;;;/h7-13H,1-6H3;7-14H,1-6H3;3,5,7H,1-2H3;2*1H;/q;;;;;+2/p-2. The molecule has 0 N–H and O–H groups in total. The second-order valence-electron chi connectivity index (χ2n) is 19.3. The Hall–Kier alpha value is -2.31. The number of halogens is 2. The van der Waals surface area contributed by atoms with Crippen LogP contribution in [0, 0.1) is 5.92 Å². The predicted octanol–water partition coefficient (Wildman–Crippen LogP) is 7.32. The van der Waals surface area contributed by atoms with E-state index in [9.17, 15) is 0 Å². The Morgan fingerprint density at radius 2 is 0.846 bits per heavy atom. The van der Waals surface area contributed by atoms with E-state index in [0.29, 0.717) is 9.54 Å². The van der Waals surface area contributed by atoms with Crippen molar-refractivity contribution in [1.29, 1.82) is 0 Å². The maximum absolute atomic E-state index is 2.91. The second-order valence-corrected chi connectivity index (χ2v) is 25.4. The molecule has 0 saturated carbocycles. The quantitative estimate of drug-likeness (QED) is 0.203. The summed E-state index contributed by atoms with van der Waals surface area (Å²) in [6.45, 7) is 32.9.